The number of likely N-dealkylation sites (tertiary alicyclic amines) is 1. The fourth-order valence-corrected chi connectivity index (χ4v) is 6.01. The van der Waals surface area contributed by atoms with E-state index in [4.69, 9.17) is 34.8 Å². The van der Waals surface area contributed by atoms with Gasteiger partial charge in [0.15, 0.2) is 9.84 Å². The molecular formula is C21H23Cl3N2O3S. The van der Waals surface area contributed by atoms with Gasteiger partial charge in [0.2, 0.25) is 0 Å². The van der Waals surface area contributed by atoms with Crippen molar-refractivity contribution in [2.75, 3.05) is 13.1 Å². The maximum atomic E-state index is 12.8. The van der Waals surface area contributed by atoms with E-state index < -0.39 is 15.6 Å². The Labute approximate surface area is 192 Å². The van der Waals surface area contributed by atoms with Gasteiger partial charge in [0.1, 0.15) is 5.69 Å². The van der Waals surface area contributed by atoms with E-state index in [1.807, 2.05) is 0 Å². The molecule has 0 atom stereocenters. The van der Waals surface area contributed by atoms with Crippen LogP contribution < -0.4 is 0 Å². The van der Waals surface area contributed by atoms with Crippen LogP contribution in [0.25, 0.3) is 0 Å². The highest BCUT2D eigenvalue weighted by molar-refractivity contribution is 7.90. The van der Waals surface area contributed by atoms with E-state index in [1.54, 1.807) is 23.1 Å². The molecule has 0 unspecified atom stereocenters. The Hall–Kier alpha value is -1.34. The Kier molecular flexibility index (Phi) is 7.66. The zero-order chi connectivity index (χ0) is 21.9. The van der Waals surface area contributed by atoms with Crippen molar-refractivity contribution in [2.24, 2.45) is 5.92 Å². The van der Waals surface area contributed by atoms with Crippen LogP contribution in [0.3, 0.4) is 0 Å². The minimum absolute atomic E-state index is 0.00780. The number of pyridine rings is 1. The number of aromatic nitrogens is 1. The van der Waals surface area contributed by atoms with Crippen molar-refractivity contribution in [3.8, 4) is 0 Å². The van der Waals surface area contributed by atoms with Crippen molar-refractivity contribution >= 4 is 50.5 Å². The second-order valence-corrected chi connectivity index (χ2v) is 10.7. The number of piperidine rings is 1. The average Bonchev–Trinajstić information content (AvgIpc) is 2.71. The van der Waals surface area contributed by atoms with E-state index >= 15 is 0 Å². The lowest BCUT2D eigenvalue weighted by molar-refractivity contribution is 0.0680. The minimum Gasteiger partial charge on any atom is -0.337 e. The Morgan fingerprint density at radius 3 is 2.43 bits per heavy atom. The molecule has 2 heterocycles. The maximum absolute atomic E-state index is 12.8. The summed E-state index contributed by atoms with van der Waals surface area (Å²) in [5.74, 6) is 0.0980. The van der Waals surface area contributed by atoms with Gasteiger partial charge in [-0.1, -0.05) is 60.6 Å². The third kappa shape index (κ3) is 5.47. The van der Waals surface area contributed by atoms with E-state index in [0.29, 0.717) is 19.0 Å². The van der Waals surface area contributed by atoms with Crippen LogP contribution >= 0.6 is 34.8 Å². The molecule has 162 valence electrons. The number of hydrogen-bond donors (Lipinski definition) is 0. The SMILES string of the molecule is CCCC1CCN(C(=O)c2cccc(CS(=O)(=O)c3cc(Cl)c(Cl)cc3Cl)n2)CC1. The highest BCUT2D eigenvalue weighted by atomic mass is 35.5. The molecule has 0 N–H and O–H groups in total. The van der Waals surface area contributed by atoms with Crippen LogP contribution in [0.15, 0.2) is 35.2 Å². The van der Waals surface area contributed by atoms with E-state index in [0.717, 1.165) is 19.3 Å². The Balaban J connectivity index is 1.76. The van der Waals surface area contributed by atoms with Gasteiger partial charge in [0, 0.05) is 13.1 Å². The number of nitrogens with zero attached hydrogens (tertiary/aromatic N) is 2. The first-order valence-electron chi connectivity index (χ1n) is 9.83. The number of carbonyl (C=O) groups is 1. The Morgan fingerprint density at radius 2 is 1.77 bits per heavy atom. The third-order valence-electron chi connectivity index (χ3n) is 5.27. The number of sulfone groups is 1. The second kappa shape index (κ2) is 9.86. The van der Waals surface area contributed by atoms with E-state index in [9.17, 15) is 13.2 Å². The quantitative estimate of drug-likeness (QED) is 0.490. The molecular weight excluding hydrogens is 467 g/mol. The van der Waals surface area contributed by atoms with Gasteiger partial charge in [-0.3, -0.25) is 4.79 Å². The number of amides is 1. The molecule has 0 spiro atoms. The zero-order valence-corrected chi connectivity index (χ0v) is 19.7. The van der Waals surface area contributed by atoms with Crippen LogP contribution in [0.2, 0.25) is 15.1 Å². The second-order valence-electron chi connectivity index (χ2n) is 7.49. The first-order chi connectivity index (χ1) is 14.2. The van der Waals surface area contributed by atoms with Crippen molar-refractivity contribution in [3.05, 3.63) is 56.8 Å². The third-order valence-corrected chi connectivity index (χ3v) is 8.10. The van der Waals surface area contributed by atoms with Gasteiger partial charge >= 0.3 is 0 Å². The number of halogens is 3. The molecule has 1 aromatic carbocycles. The summed E-state index contributed by atoms with van der Waals surface area (Å²) in [6.07, 6.45) is 4.32. The lowest BCUT2D eigenvalue weighted by Crippen LogP contribution is -2.38. The van der Waals surface area contributed by atoms with Crippen LogP contribution in [-0.2, 0) is 15.6 Å². The smallest absolute Gasteiger partial charge is 0.272 e. The van der Waals surface area contributed by atoms with Crippen molar-refractivity contribution in [3.63, 3.8) is 0 Å². The van der Waals surface area contributed by atoms with E-state index in [1.165, 1.54) is 18.6 Å². The fraction of sp³-hybridized carbons (Fsp3) is 0.429. The number of benzene rings is 1. The van der Waals surface area contributed by atoms with Crippen LogP contribution in [0.1, 0.15) is 48.8 Å². The molecule has 30 heavy (non-hydrogen) atoms. The standard InChI is InChI=1S/C21H23Cl3N2O3S/c1-2-4-14-7-9-26(10-8-14)21(27)19-6-3-5-15(25-19)13-30(28,29)20-12-17(23)16(22)11-18(20)24/h3,5-6,11-12,14H,2,4,7-10,13H2,1H3. The summed E-state index contributed by atoms with van der Waals surface area (Å²) in [5.41, 5.74) is 0.515. The minimum atomic E-state index is -3.83. The molecule has 5 nitrogen and oxygen atoms in total. The summed E-state index contributed by atoms with van der Waals surface area (Å²) in [5, 5.41) is 0.267. The van der Waals surface area contributed by atoms with Crippen LogP contribution in [0.5, 0.6) is 0 Å². The summed E-state index contributed by atoms with van der Waals surface area (Å²) < 4.78 is 25.7. The highest BCUT2D eigenvalue weighted by Crippen LogP contribution is 2.33. The molecule has 9 heteroatoms. The summed E-state index contributed by atoms with van der Waals surface area (Å²) in [7, 11) is -3.83. The van der Waals surface area contributed by atoms with Crippen molar-refractivity contribution < 1.29 is 13.2 Å². The summed E-state index contributed by atoms with van der Waals surface area (Å²) in [6.45, 7) is 3.57. The lowest BCUT2D eigenvalue weighted by Gasteiger charge is -2.31. The molecule has 0 saturated carbocycles. The molecule has 3 rings (SSSR count). The van der Waals surface area contributed by atoms with Crippen molar-refractivity contribution in [2.45, 2.75) is 43.3 Å². The van der Waals surface area contributed by atoms with Crippen molar-refractivity contribution in [1.82, 2.24) is 9.88 Å². The number of carbonyl (C=O) groups excluding carboxylic acids is 1. The normalized spacial score (nSPS) is 15.4. The van der Waals surface area contributed by atoms with Gasteiger partial charge < -0.3 is 4.90 Å². The maximum Gasteiger partial charge on any atom is 0.272 e. The fourth-order valence-electron chi connectivity index (χ4n) is 3.69. The topological polar surface area (TPSA) is 67.3 Å². The van der Waals surface area contributed by atoms with Gasteiger partial charge in [-0.25, -0.2) is 13.4 Å². The monoisotopic (exact) mass is 488 g/mol. The zero-order valence-electron chi connectivity index (χ0n) is 16.6. The summed E-state index contributed by atoms with van der Waals surface area (Å²) in [6, 6.07) is 7.37. The molecule has 1 fully saturated rings. The molecule has 1 aliphatic rings. The van der Waals surface area contributed by atoms with Gasteiger partial charge in [-0.2, -0.15) is 0 Å². The first kappa shape index (κ1) is 23.3. The van der Waals surface area contributed by atoms with Crippen LogP contribution in [0.4, 0.5) is 0 Å². The van der Waals surface area contributed by atoms with Gasteiger partial charge in [0.05, 0.1) is 31.4 Å². The summed E-state index contributed by atoms with van der Waals surface area (Å²) in [4.78, 5) is 18.8. The van der Waals surface area contributed by atoms with Gasteiger partial charge in [-0.05, 0) is 43.0 Å². The van der Waals surface area contributed by atoms with Gasteiger partial charge in [0.25, 0.3) is 5.91 Å². The molecule has 1 saturated heterocycles. The summed E-state index contributed by atoms with van der Waals surface area (Å²) >= 11 is 17.9. The van der Waals surface area contributed by atoms with E-state index in [2.05, 4.69) is 11.9 Å². The molecule has 2 aromatic rings. The number of hydrogen-bond acceptors (Lipinski definition) is 4. The van der Waals surface area contributed by atoms with Gasteiger partial charge in [-0.15, -0.1) is 0 Å². The van der Waals surface area contributed by atoms with Crippen LogP contribution in [-0.4, -0.2) is 37.3 Å². The largest absolute Gasteiger partial charge is 0.337 e. The molecule has 1 amide bonds. The first-order valence-corrected chi connectivity index (χ1v) is 12.6. The predicted octanol–water partition coefficient (Wildman–Crippen LogP) is 5.67. The Morgan fingerprint density at radius 1 is 1.10 bits per heavy atom. The van der Waals surface area contributed by atoms with Crippen molar-refractivity contribution in [1.29, 1.82) is 0 Å². The number of rotatable bonds is 6. The molecule has 0 radical (unpaired) electrons. The predicted molar refractivity (Wildman–Crippen MR) is 120 cm³/mol. The lowest BCUT2D eigenvalue weighted by atomic mass is 9.92. The van der Waals surface area contributed by atoms with E-state index in [-0.39, 0.29) is 37.3 Å². The highest BCUT2D eigenvalue weighted by Gasteiger charge is 2.25. The molecule has 1 aromatic heterocycles. The molecule has 1 aliphatic heterocycles. The Bertz CT molecular complexity index is 1040. The average molecular weight is 490 g/mol. The van der Waals surface area contributed by atoms with Crippen LogP contribution in [0, 0.1) is 5.92 Å². The molecule has 0 bridgehead atoms. The molecule has 0 aliphatic carbocycles.